The molecule has 8 nitrogen and oxygen atoms in total. The quantitative estimate of drug-likeness (QED) is 0.0343. The monoisotopic (exact) mass is 645 g/mol. The van der Waals surface area contributed by atoms with E-state index in [2.05, 4.69) is 80.5 Å². The van der Waals surface area contributed by atoms with Crippen molar-refractivity contribution in [2.45, 2.75) is 66.5 Å². The zero-order chi connectivity index (χ0) is 35.8. The van der Waals surface area contributed by atoms with E-state index in [1.165, 1.54) is 24.1 Å². The van der Waals surface area contributed by atoms with Gasteiger partial charge in [0.2, 0.25) is 12.3 Å². The van der Waals surface area contributed by atoms with Crippen LogP contribution in [0.1, 0.15) is 59.4 Å². The average Bonchev–Trinajstić information content (AvgIpc) is 3.06. The van der Waals surface area contributed by atoms with Gasteiger partial charge in [-0.3, -0.25) is 15.0 Å². The molecule has 0 aliphatic carbocycles. The number of hydrazine groups is 1. The van der Waals surface area contributed by atoms with E-state index in [9.17, 15) is 14.0 Å². The molecule has 262 valence electrons. The molecule has 0 aliphatic rings. The van der Waals surface area contributed by atoms with Crippen LogP contribution in [-0.2, 0) is 16.0 Å². The number of hydrogen-bond donors (Lipinski definition) is 4. The van der Waals surface area contributed by atoms with Gasteiger partial charge in [-0.1, -0.05) is 81.5 Å². The molecule has 0 aromatic heterocycles. The molecule has 0 heterocycles. The SMILES string of the molecule is C=C.C=CC.C=CCNCCC.CCc1ccccc1.C\C=C/C(F)=C\C=C\CNN(C)CCC(=O)N(CCC)CC(N)NC=O. The lowest BCUT2D eigenvalue weighted by Crippen LogP contribution is -2.49. The zero-order valence-electron chi connectivity index (χ0n) is 29.6. The first kappa shape index (κ1) is 49.3. The first-order chi connectivity index (χ1) is 22.2. The smallest absolute Gasteiger partial charge is 0.224 e. The number of amides is 2. The van der Waals surface area contributed by atoms with Gasteiger partial charge in [0.25, 0.3) is 0 Å². The summed E-state index contributed by atoms with van der Waals surface area (Å²) in [6.07, 6.45) is 14.9. The molecule has 1 aromatic carbocycles. The third kappa shape index (κ3) is 38.4. The summed E-state index contributed by atoms with van der Waals surface area (Å²) < 4.78 is 13.1. The lowest BCUT2D eigenvalue weighted by molar-refractivity contribution is -0.132. The number of benzene rings is 1. The van der Waals surface area contributed by atoms with Crippen LogP contribution in [0.4, 0.5) is 4.39 Å². The number of carbonyl (C=O) groups is 2. The Morgan fingerprint density at radius 1 is 1.04 bits per heavy atom. The highest BCUT2D eigenvalue weighted by Crippen LogP contribution is 2.00. The number of carbonyl (C=O) groups excluding carboxylic acids is 2. The Labute approximate surface area is 281 Å². The van der Waals surface area contributed by atoms with Gasteiger partial charge in [-0.25, -0.2) is 9.40 Å². The van der Waals surface area contributed by atoms with E-state index in [0.717, 1.165) is 25.9 Å². The van der Waals surface area contributed by atoms with Gasteiger partial charge in [0.1, 0.15) is 5.83 Å². The Balaban J connectivity index is -0.000000354. The number of rotatable bonds is 19. The Hall–Kier alpha value is -3.63. The maximum Gasteiger partial charge on any atom is 0.224 e. The first-order valence-electron chi connectivity index (χ1n) is 16.0. The van der Waals surface area contributed by atoms with Crippen LogP contribution in [0.2, 0.25) is 0 Å². The van der Waals surface area contributed by atoms with E-state index >= 15 is 0 Å². The van der Waals surface area contributed by atoms with Crippen LogP contribution >= 0.6 is 0 Å². The number of nitrogens with two attached hydrogens (primary N) is 1. The van der Waals surface area contributed by atoms with Gasteiger partial charge < -0.3 is 21.3 Å². The predicted molar refractivity (Wildman–Crippen MR) is 199 cm³/mol. The van der Waals surface area contributed by atoms with E-state index in [-0.39, 0.29) is 18.3 Å². The molecule has 9 heteroatoms. The highest BCUT2D eigenvalue weighted by atomic mass is 19.1. The van der Waals surface area contributed by atoms with Crippen molar-refractivity contribution >= 4 is 12.3 Å². The second-order valence-corrected chi connectivity index (χ2v) is 9.48. The van der Waals surface area contributed by atoms with Crippen LogP contribution in [-0.4, -0.2) is 74.7 Å². The molecule has 1 aromatic rings. The fourth-order valence-electron chi connectivity index (χ4n) is 3.21. The van der Waals surface area contributed by atoms with Crippen LogP contribution in [0.15, 0.2) is 105 Å². The van der Waals surface area contributed by atoms with Crippen molar-refractivity contribution in [2.24, 2.45) is 5.73 Å². The molecule has 0 saturated carbocycles. The molecule has 1 atom stereocenters. The van der Waals surface area contributed by atoms with Crippen LogP contribution in [0.5, 0.6) is 0 Å². The summed E-state index contributed by atoms with van der Waals surface area (Å²) in [4.78, 5) is 24.4. The van der Waals surface area contributed by atoms with Gasteiger partial charge in [-0.15, -0.1) is 26.3 Å². The normalized spacial score (nSPS) is 10.9. The topological polar surface area (TPSA) is 103 Å². The van der Waals surface area contributed by atoms with Crippen molar-refractivity contribution in [3.05, 3.63) is 111 Å². The minimum atomic E-state index is -0.569. The summed E-state index contributed by atoms with van der Waals surface area (Å²) in [5, 5.41) is 7.42. The van der Waals surface area contributed by atoms with Crippen molar-refractivity contribution in [2.75, 3.05) is 46.3 Å². The number of allylic oxidation sites excluding steroid dienone is 6. The summed E-state index contributed by atoms with van der Waals surface area (Å²) >= 11 is 0. The van der Waals surface area contributed by atoms with E-state index in [4.69, 9.17) is 5.73 Å². The summed E-state index contributed by atoms with van der Waals surface area (Å²) in [6.45, 7) is 26.8. The summed E-state index contributed by atoms with van der Waals surface area (Å²) in [6, 6.07) is 10.5. The largest absolute Gasteiger partial charge is 0.342 e. The van der Waals surface area contributed by atoms with E-state index < -0.39 is 6.17 Å². The molecule has 0 bridgehead atoms. The average molecular weight is 645 g/mol. The first-order valence-corrected chi connectivity index (χ1v) is 16.0. The minimum absolute atomic E-state index is 0.0180. The molecular formula is C37H65FN6O2. The molecule has 1 unspecified atom stereocenters. The molecule has 0 saturated heterocycles. The molecule has 0 spiro atoms. The van der Waals surface area contributed by atoms with Gasteiger partial charge in [0.15, 0.2) is 0 Å². The molecule has 0 fully saturated rings. The van der Waals surface area contributed by atoms with E-state index in [0.29, 0.717) is 32.5 Å². The van der Waals surface area contributed by atoms with Crippen molar-refractivity contribution < 1.29 is 14.0 Å². The molecule has 0 radical (unpaired) electrons. The fraction of sp³-hybridized carbons (Fsp3) is 0.459. The fourth-order valence-corrected chi connectivity index (χ4v) is 3.21. The van der Waals surface area contributed by atoms with E-state index in [1.54, 1.807) is 36.1 Å². The lowest BCUT2D eigenvalue weighted by atomic mass is 10.2. The van der Waals surface area contributed by atoms with Crippen molar-refractivity contribution in [3.8, 4) is 0 Å². The second-order valence-electron chi connectivity index (χ2n) is 9.48. The van der Waals surface area contributed by atoms with E-state index in [1.807, 2.05) is 38.0 Å². The van der Waals surface area contributed by atoms with Gasteiger partial charge in [-0.05, 0) is 57.4 Å². The summed E-state index contributed by atoms with van der Waals surface area (Å²) in [7, 11) is 1.83. The lowest BCUT2D eigenvalue weighted by Gasteiger charge is -2.26. The predicted octanol–water partition coefficient (Wildman–Crippen LogP) is 6.48. The molecule has 1 rings (SSSR count). The van der Waals surface area contributed by atoms with Crippen molar-refractivity contribution in [3.63, 3.8) is 0 Å². The number of hydrogen-bond acceptors (Lipinski definition) is 6. The maximum absolute atomic E-state index is 13.1. The third-order valence-electron chi connectivity index (χ3n) is 5.37. The van der Waals surface area contributed by atoms with Gasteiger partial charge >= 0.3 is 0 Å². The van der Waals surface area contributed by atoms with Crippen LogP contribution in [0, 0.1) is 0 Å². The Morgan fingerprint density at radius 3 is 2.15 bits per heavy atom. The Bertz CT molecular complexity index is 922. The van der Waals surface area contributed by atoms with Crippen molar-refractivity contribution in [1.82, 2.24) is 26.0 Å². The molecule has 0 aliphatic heterocycles. The van der Waals surface area contributed by atoms with Gasteiger partial charge in [0, 0.05) is 39.6 Å². The standard InChI is InChI=1S/C18H32FN5O2.C8H10.C6H13N.C3H6.C2H4/c1-4-8-16(19)9-6-7-11-22-23(3)13-10-18(26)24(12-5-2)14-17(20)21-15-25;1-2-8-6-4-3-5-7-8;1-3-5-7-6-4-2;1-3-2;1-2/h4,6-9,15,17,22H,5,10-14,20H2,1-3H3,(H,21,25);3-7H,2H2,1H3;3,7H,1,4-6H2,2H3;3H,1H2,2H3;1-2H2/b7-6+,8-4-,16-9+;;;;. The highest BCUT2D eigenvalue weighted by molar-refractivity contribution is 5.76. The second kappa shape index (κ2) is 41.4. The van der Waals surface area contributed by atoms with Gasteiger partial charge in [0.05, 0.1) is 12.7 Å². The number of nitrogens with zero attached hydrogens (tertiary/aromatic N) is 2. The number of halogens is 1. The molecular weight excluding hydrogens is 579 g/mol. The van der Waals surface area contributed by atoms with Crippen LogP contribution in [0.3, 0.4) is 0 Å². The summed E-state index contributed by atoms with van der Waals surface area (Å²) in [5.74, 6) is -0.323. The Kier molecular flexibility index (Phi) is 44.3. The van der Waals surface area contributed by atoms with Crippen molar-refractivity contribution in [1.29, 1.82) is 0 Å². The number of aryl methyl sites for hydroxylation is 1. The molecule has 2 amide bonds. The highest BCUT2D eigenvalue weighted by Gasteiger charge is 2.16. The minimum Gasteiger partial charge on any atom is -0.342 e. The van der Waals surface area contributed by atoms with Gasteiger partial charge in [-0.2, -0.15) is 0 Å². The summed E-state index contributed by atoms with van der Waals surface area (Å²) in [5.41, 5.74) is 10.2. The maximum atomic E-state index is 13.1. The van der Waals surface area contributed by atoms with Crippen LogP contribution < -0.4 is 21.8 Å². The zero-order valence-corrected chi connectivity index (χ0v) is 29.6. The molecule has 5 N–H and O–H groups in total. The number of nitrogens with one attached hydrogen (secondary N) is 3. The molecule has 46 heavy (non-hydrogen) atoms. The third-order valence-corrected chi connectivity index (χ3v) is 5.37. The Morgan fingerprint density at radius 2 is 1.67 bits per heavy atom. The van der Waals surface area contributed by atoms with Crippen LogP contribution in [0.25, 0.3) is 0 Å².